The number of nitrogens with one attached hydrogen (secondary N) is 2. The first-order valence-electron chi connectivity index (χ1n) is 10.8. The van der Waals surface area contributed by atoms with Crippen molar-refractivity contribution in [2.24, 2.45) is 10.9 Å². The zero-order chi connectivity index (χ0) is 20.4. The fourth-order valence-corrected chi connectivity index (χ4v) is 3.88. The third-order valence-corrected chi connectivity index (χ3v) is 5.17. The fraction of sp³-hybridized carbons (Fsp3) is 0.900. The van der Waals surface area contributed by atoms with Crippen LogP contribution in [0.2, 0.25) is 0 Å². The number of amides is 1. The van der Waals surface area contributed by atoms with Crippen LogP contribution in [0.5, 0.6) is 0 Å². The predicted octanol–water partition coefficient (Wildman–Crippen LogP) is 2.14. The van der Waals surface area contributed by atoms with Crippen molar-refractivity contribution in [3.63, 3.8) is 0 Å². The van der Waals surface area contributed by atoms with Crippen LogP contribution < -0.4 is 10.6 Å². The summed E-state index contributed by atoms with van der Waals surface area (Å²) in [6.45, 7) is 15.7. The molecule has 0 radical (unpaired) electrons. The molecule has 2 N–H and O–H groups in total. The third kappa shape index (κ3) is 9.25. The molecule has 2 saturated heterocycles. The number of rotatable bonds is 8. The monoisotopic (exact) mass is 525 g/mol. The van der Waals surface area contributed by atoms with Crippen LogP contribution in [-0.4, -0.2) is 93.0 Å². The van der Waals surface area contributed by atoms with Gasteiger partial charge in [0.15, 0.2) is 5.96 Å². The van der Waals surface area contributed by atoms with Crippen LogP contribution in [0.3, 0.4) is 0 Å². The molecule has 2 aliphatic rings. The highest BCUT2D eigenvalue weighted by atomic mass is 127. The Balaban J connectivity index is 0.00000420. The molecule has 2 atom stereocenters. The van der Waals surface area contributed by atoms with Gasteiger partial charge in [-0.1, -0.05) is 13.8 Å². The van der Waals surface area contributed by atoms with E-state index in [1.54, 1.807) is 0 Å². The lowest BCUT2D eigenvalue weighted by Crippen LogP contribution is -2.47. The minimum absolute atomic E-state index is 0. The highest BCUT2D eigenvalue weighted by Gasteiger charge is 2.30. The Morgan fingerprint density at radius 2 is 1.97 bits per heavy atom. The topological polar surface area (TPSA) is 78.4 Å². The number of ether oxygens (including phenoxy) is 2. The molecule has 2 heterocycles. The Labute approximate surface area is 193 Å². The predicted molar refractivity (Wildman–Crippen MR) is 127 cm³/mol. The number of hydrogen-bond donors (Lipinski definition) is 2. The van der Waals surface area contributed by atoms with Crippen LogP contribution >= 0.6 is 24.0 Å². The van der Waals surface area contributed by atoms with Crippen molar-refractivity contribution in [3.8, 4) is 0 Å². The van der Waals surface area contributed by atoms with Crippen molar-refractivity contribution < 1.29 is 14.3 Å². The van der Waals surface area contributed by atoms with E-state index in [1.807, 2.05) is 6.92 Å². The smallest absolute Gasteiger partial charge is 0.407 e. The zero-order valence-corrected chi connectivity index (χ0v) is 20.8. The van der Waals surface area contributed by atoms with E-state index in [1.165, 1.54) is 0 Å². The van der Waals surface area contributed by atoms with Crippen molar-refractivity contribution in [3.05, 3.63) is 0 Å². The van der Waals surface area contributed by atoms with Crippen LogP contribution in [-0.2, 0) is 9.47 Å². The number of alkyl carbamates (subject to hydrolysis) is 1. The van der Waals surface area contributed by atoms with Crippen molar-refractivity contribution >= 4 is 36.0 Å². The van der Waals surface area contributed by atoms with E-state index in [0.29, 0.717) is 25.1 Å². The number of aliphatic imine (C=N–C) groups is 1. The van der Waals surface area contributed by atoms with Gasteiger partial charge in [-0.2, -0.15) is 0 Å². The second-order valence-corrected chi connectivity index (χ2v) is 7.92. The summed E-state index contributed by atoms with van der Waals surface area (Å²) < 4.78 is 10.5. The number of guanidine groups is 1. The second-order valence-electron chi connectivity index (χ2n) is 7.92. The first kappa shape index (κ1) is 26.2. The van der Waals surface area contributed by atoms with E-state index in [-0.39, 0.29) is 36.1 Å². The molecule has 9 heteroatoms. The number of carbonyl (C=O) groups excluding carboxylic acids is 1. The van der Waals surface area contributed by atoms with Crippen LogP contribution in [0.4, 0.5) is 4.79 Å². The molecule has 0 saturated carbocycles. The van der Waals surface area contributed by atoms with E-state index in [2.05, 4.69) is 41.2 Å². The van der Waals surface area contributed by atoms with Gasteiger partial charge in [0.05, 0.1) is 32.4 Å². The lowest BCUT2D eigenvalue weighted by molar-refractivity contribution is 0.0195. The molecule has 0 spiro atoms. The van der Waals surface area contributed by atoms with E-state index in [4.69, 9.17) is 14.5 Å². The maximum atomic E-state index is 11.9. The molecule has 2 fully saturated rings. The number of likely N-dealkylation sites (tertiary alicyclic amines) is 1. The molecule has 0 bridgehead atoms. The Kier molecular flexibility index (Phi) is 12.9. The van der Waals surface area contributed by atoms with Gasteiger partial charge < -0.3 is 25.0 Å². The lowest BCUT2D eigenvalue weighted by atomic mass is 10.0. The summed E-state index contributed by atoms with van der Waals surface area (Å²) in [5, 5.41) is 6.39. The third-order valence-electron chi connectivity index (χ3n) is 5.17. The van der Waals surface area contributed by atoms with E-state index in [9.17, 15) is 4.79 Å². The standard InChI is InChI=1S/C20H39N5O3.HI/c1-5-21-19(22-14-17(13-16(3)4)23-20(26)28-6-2)25-8-7-18(15-25)24-9-11-27-12-10-24;/h16-18H,5-15H2,1-4H3,(H,21,22)(H,23,26);1H. The molecule has 2 unspecified atom stereocenters. The van der Waals surface area contributed by atoms with Gasteiger partial charge in [-0.05, 0) is 32.6 Å². The van der Waals surface area contributed by atoms with E-state index < -0.39 is 0 Å². The van der Waals surface area contributed by atoms with Gasteiger partial charge >= 0.3 is 6.09 Å². The molecule has 0 aliphatic carbocycles. The molecule has 170 valence electrons. The summed E-state index contributed by atoms with van der Waals surface area (Å²) in [4.78, 5) is 21.6. The maximum absolute atomic E-state index is 11.9. The summed E-state index contributed by atoms with van der Waals surface area (Å²) >= 11 is 0. The normalized spacial score (nSPS) is 21.6. The summed E-state index contributed by atoms with van der Waals surface area (Å²) in [7, 11) is 0. The average Bonchev–Trinajstić information content (AvgIpc) is 3.15. The van der Waals surface area contributed by atoms with E-state index >= 15 is 0 Å². The van der Waals surface area contributed by atoms with Crippen molar-refractivity contribution in [2.45, 2.75) is 52.6 Å². The average molecular weight is 525 g/mol. The molecule has 29 heavy (non-hydrogen) atoms. The zero-order valence-electron chi connectivity index (χ0n) is 18.5. The Hall–Kier alpha value is -0.810. The van der Waals surface area contributed by atoms with Crippen molar-refractivity contribution in [1.29, 1.82) is 0 Å². The molecule has 0 aromatic carbocycles. The quantitative estimate of drug-likeness (QED) is 0.287. The first-order chi connectivity index (χ1) is 13.5. The molecular formula is C20H40IN5O3. The fourth-order valence-electron chi connectivity index (χ4n) is 3.88. The molecule has 1 amide bonds. The molecule has 0 aromatic rings. The van der Waals surface area contributed by atoms with Crippen LogP contribution in [0.1, 0.15) is 40.5 Å². The van der Waals surface area contributed by atoms with Gasteiger partial charge in [-0.25, -0.2) is 4.79 Å². The van der Waals surface area contributed by atoms with Gasteiger partial charge in [0, 0.05) is 38.8 Å². The highest BCUT2D eigenvalue weighted by Crippen LogP contribution is 2.17. The first-order valence-corrected chi connectivity index (χ1v) is 10.8. The molecule has 8 nitrogen and oxygen atoms in total. The minimum Gasteiger partial charge on any atom is -0.450 e. The largest absolute Gasteiger partial charge is 0.450 e. The number of morpholine rings is 1. The molecular weight excluding hydrogens is 485 g/mol. The summed E-state index contributed by atoms with van der Waals surface area (Å²) in [6, 6.07) is 0.544. The summed E-state index contributed by atoms with van der Waals surface area (Å²) in [5.41, 5.74) is 0. The van der Waals surface area contributed by atoms with Crippen LogP contribution in [0.15, 0.2) is 4.99 Å². The number of nitrogens with zero attached hydrogens (tertiary/aromatic N) is 3. The van der Waals surface area contributed by atoms with E-state index in [0.717, 1.165) is 64.7 Å². The highest BCUT2D eigenvalue weighted by molar-refractivity contribution is 14.0. The Morgan fingerprint density at radius 1 is 1.24 bits per heavy atom. The molecule has 2 aliphatic heterocycles. The van der Waals surface area contributed by atoms with Crippen molar-refractivity contribution in [1.82, 2.24) is 20.4 Å². The minimum atomic E-state index is -0.359. The van der Waals surface area contributed by atoms with Crippen molar-refractivity contribution in [2.75, 3.05) is 59.1 Å². The van der Waals surface area contributed by atoms with Crippen LogP contribution in [0, 0.1) is 5.92 Å². The summed E-state index contributed by atoms with van der Waals surface area (Å²) in [6.07, 6.45) is 1.67. The molecule has 0 aromatic heterocycles. The Morgan fingerprint density at radius 3 is 2.59 bits per heavy atom. The van der Waals surface area contributed by atoms with Gasteiger partial charge in [0.2, 0.25) is 0 Å². The Bertz CT molecular complexity index is 501. The van der Waals surface area contributed by atoms with Gasteiger partial charge in [-0.15, -0.1) is 24.0 Å². The van der Waals surface area contributed by atoms with Crippen LogP contribution in [0.25, 0.3) is 0 Å². The number of halogens is 1. The van der Waals surface area contributed by atoms with Gasteiger partial charge in [0.25, 0.3) is 0 Å². The lowest BCUT2D eigenvalue weighted by Gasteiger charge is -2.32. The maximum Gasteiger partial charge on any atom is 0.407 e. The SMILES string of the molecule is CCNC(=NCC(CC(C)C)NC(=O)OCC)N1CCC(N2CCOCC2)C1.I. The van der Waals surface area contributed by atoms with Gasteiger partial charge in [-0.3, -0.25) is 9.89 Å². The second kappa shape index (κ2) is 14.2. The number of hydrogen-bond acceptors (Lipinski definition) is 5. The molecule has 2 rings (SSSR count). The van der Waals surface area contributed by atoms with Gasteiger partial charge in [0.1, 0.15) is 0 Å². The summed E-state index contributed by atoms with van der Waals surface area (Å²) in [5.74, 6) is 1.42. The number of carbonyl (C=O) groups is 1.